The second-order valence-corrected chi connectivity index (χ2v) is 3.11. The number of hydrogen-bond acceptors (Lipinski definition) is 3. The van der Waals surface area contributed by atoms with Gasteiger partial charge in [-0.3, -0.25) is 4.79 Å². The lowest BCUT2D eigenvalue weighted by atomic mass is 10.4. The lowest BCUT2D eigenvalue weighted by molar-refractivity contribution is -0.121. The minimum absolute atomic E-state index is 0.0248. The number of aromatic nitrogens is 1. The van der Waals surface area contributed by atoms with E-state index in [2.05, 4.69) is 5.32 Å². The summed E-state index contributed by atoms with van der Waals surface area (Å²) < 4.78 is 1.69. The molecule has 0 spiro atoms. The molecule has 5 nitrogen and oxygen atoms in total. The van der Waals surface area contributed by atoms with Gasteiger partial charge in [0.05, 0.1) is 19.1 Å². The van der Waals surface area contributed by atoms with Crippen molar-refractivity contribution in [3.63, 3.8) is 0 Å². The molecule has 1 amide bonds. The number of aliphatic hydroxyl groups excluding tert-OH is 1. The summed E-state index contributed by atoms with van der Waals surface area (Å²) in [7, 11) is 0. The first-order valence-electron chi connectivity index (χ1n) is 4.65. The number of nitriles is 1. The summed E-state index contributed by atoms with van der Waals surface area (Å²) in [6, 6.07) is 3.70. The molecule has 0 fully saturated rings. The van der Waals surface area contributed by atoms with Crippen LogP contribution < -0.4 is 5.32 Å². The SMILES string of the molecule is N#CCCNC(=O)Cn1ccc(CO)c1. The number of rotatable bonds is 5. The van der Waals surface area contributed by atoms with E-state index in [1.807, 2.05) is 6.07 Å². The average molecular weight is 207 g/mol. The molecule has 0 radical (unpaired) electrons. The van der Waals surface area contributed by atoms with E-state index in [9.17, 15) is 4.79 Å². The second kappa shape index (κ2) is 5.83. The standard InChI is InChI=1S/C10H13N3O2/c11-3-1-4-12-10(15)7-13-5-2-9(6-13)8-14/h2,5-6,14H,1,4,7-8H2,(H,12,15). The normalized spacial score (nSPS) is 9.60. The molecule has 0 aliphatic rings. The van der Waals surface area contributed by atoms with Gasteiger partial charge in [0.1, 0.15) is 6.54 Å². The van der Waals surface area contributed by atoms with Crippen molar-refractivity contribution in [1.82, 2.24) is 9.88 Å². The van der Waals surface area contributed by atoms with Crippen LogP contribution in [0, 0.1) is 11.3 Å². The molecule has 0 aliphatic carbocycles. The van der Waals surface area contributed by atoms with Crippen molar-refractivity contribution in [2.24, 2.45) is 0 Å². The first-order valence-corrected chi connectivity index (χ1v) is 4.65. The van der Waals surface area contributed by atoms with E-state index in [-0.39, 0.29) is 19.1 Å². The number of nitrogens with zero attached hydrogens (tertiary/aromatic N) is 2. The maximum atomic E-state index is 11.3. The fraction of sp³-hybridized carbons (Fsp3) is 0.400. The number of amides is 1. The van der Waals surface area contributed by atoms with Crippen LogP contribution in [0.15, 0.2) is 18.5 Å². The van der Waals surface area contributed by atoms with Crippen LogP contribution in [0.5, 0.6) is 0 Å². The van der Waals surface area contributed by atoms with Crippen LogP contribution in [0.4, 0.5) is 0 Å². The average Bonchev–Trinajstić information content (AvgIpc) is 2.66. The van der Waals surface area contributed by atoms with Crippen LogP contribution in [0.3, 0.4) is 0 Å². The Labute approximate surface area is 87.9 Å². The Kier molecular flexibility index (Phi) is 4.38. The lowest BCUT2D eigenvalue weighted by Crippen LogP contribution is -2.27. The lowest BCUT2D eigenvalue weighted by Gasteiger charge is -2.03. The van der Waals surface area contributed by atoms with Gasteiger partial charge in [-0.05, 0) is 11.6 Å². The fourth-order valence-corrected chi connectivity index (χ4v) is 1.16. The van der Waals surface area contributed by atoms with Crippen LogP contribution in [0.1, 0.15) is 12.0 Å². The third-order valence-electron chi connectivity index (χ3n) is 1.88. The molecular formula is C10H13N3O2. The molecule has 1 heterocycles. The summed E-state index contributed by atoms with van der Waals surface area (Å²) in [5, 5.41) is 19.7. The van der Waals surface area contributed by atoms with Gasteiger partial charge in [-0.2, -0.15) is 5.26 Å². The monoisotopic (exact) mass is 207 g/mol. The van der Waals surface area contributed by atoms with Gasteiger partial charge >= 0.3 is 0 Å². The summed E-state index contributed by atoms with van der Waals surface area (Å²) in [5.41, 5.74) is 0.778. The van der Waals surface area contributed by atoms with Crippen molar-refractivity contribution >= 4 is 5.91 Å². The van der Waals surface area contributed by atoms with Crippen LogP contribution in [-0.4, -0.2) is 22.1 Å². The van der Waals surface area contributed by atoms with E-state index in [0.29, 0.717) is 13.0 Å². The van der Waals surface area contributed by atoms with E-state index in [0.717, 1.165) is 5.56 Å². The van der Waals surface area contributed by atoms with Gasteiger partial charge in [0.2, 0.25) is 5.91 Å². The molecule has 5 heteroatoms. The Bertz CT molecular complexity index is 365. The number of hydrogen-bond donors (Lipinski definition) is 2. The van der Waals surface area contributed by atoms with Crippen molar-refractivity contribution in [2.75, 3.05) is 6.54 Å². The highest BCUT2D eigenvalue weighted by Crippen LogP contribution is 2.00. The number of nitrogens with one attached hydrogen (secondary N) is 1. The summed E-state index contributed by atoms with van der Waals surface area (Å²) in [4.78, 5) is 11.3. The quantitative estimate of drug-likeness (QED) is 0.667. The molecule has 80 valence electrons. The Balaban J connectivity index is 2.34. The van der Waals surface area contributed by atoms with Gasteiger partial charge in [-0.15, -0.1) is 0 Å². The minimum Gasteiger partial charge on any atom is -0.392 e. The maximum absolute atomic E-state index is 11.3. The van der Waals surface area contributed by atoms with E-state index < -0.39 is 0 Å². The molecule has 2 N–H and O–H groups in total. The highest BCUT2D eigenvalue weighted by molar-refractivity contribution is 5.75. The van der Waals surface area contributed by atoms with E-state index in [1.165, 1.54) is 0 Å². The predicted molar refractivity (Wildman–Crippen MR) is 53.6 cm³/mol. The largest absolute Gasteiger partial charge is 0.392 e. The third kappa shape index (κ3) is 3.83. The third-order valence-corrected chi connectivity index (χ3v) is 1.88. The Hall–Kier alpha value is -1.80. The van der Waals surface area contributed by atoms with E-state index in [1.54, 1.807) is 23.0 Å². The van der Waals surface area contributed by atoms with Crippen molar-refractivity contribution in [2.45, 2.75) is 19.6 Å². The summed E-state index contributed by atoms with van der Waals surface area (Å²) >= 11 is 0. The van der Waals surface area contributed by atoms with Crippen LogP contribution in [-0.2, 0) is 17.9 Å². The van der Waals surface area contributed by atoms with Crippen LogP contribution in [0.25, 0.3) is 0 Å². The zero-order chi connectivity index (χ0) is 11.1. The first kappa shape index (κ1) is 11.3. The number of aliphatic hydroxyl groups is 1. The van der Waals surface area contributed by atoms with Gasteiger partial charge in [0, 0.05) is 18.9 Å². The molecular weight excluding hydrogens is 194 g/mol. The van der Waals surface area contributed by atoms with Gasteiger partial charge in [0.15, 0.2) is 0 Å². The molecule has 0 aliphatic heterocycles. The molecule has 1 aromatic heterocycles. The second-order valence-electron chi connectivity index (χ2n) is 3.11. The van der Waals surface area contributed by atoms with Gasteiger partial charge in [-0.25, -0.2) is 0 Å². The summed E-state index contributed by atoms with van der Waals surface area (Å²) in [6.07, 6.45) is 3.76. The Morgan fingerprint density at radius 2 is 2.47 bits per heavy atom. The predicted octanol–water partition coefficient (Wildman–Crippen LogP) is 0.0103. The topological polar surface area (TPSA) is 78.0 Å². The highest BCUT2D eigenvalue weighted by atomic mass is 16.3. The van der Waals surface area contributed by atoms with Crippen molar-refractivity contribution in [3.05, 3.63) is 24.0 Å². The Morgan fingerprint density at radius 3 is 3.07 bits per heavy atom. The minimum atomic E-state index is -0.134. The van der Waals surface area contributed by atoms with Crippen molar-refractivity contribution in [3.8, 4) is 6.07 Å². The molecule has 1 rings (SSSR count). The van der Waals surface area contributed by atoms with Gasteiger partial charge in [0.25, 0.3) is 0 Å². The molecule has 1 aromatic rings. The zero-order valence-electron chi connectivity index (χ0n) is 8.31. The van der Waals surface area contributed by atoms with Gasteiger partial charge in [-0.1, -0.05) is 0 Å². The molecule has 0 unspecified atom stereocenters. The number of carbonyl (C=O) groups is 1. The molecule has 0 atom stereocenters. The van der Waals surface area contributed by atoms with Crippen molar-refractivity contribution in [1.29, 1.82) is 5.26 Å². The molecule has 0 saturated carbocycles. The molecule has 15 heavy (non-hydrogen) atoms. The maximum Gasteiger partial charge on any atom is 0.239 e. The fourth-order valence-electron chi connectivity index (χ4n) is 1.16. The molecule has 0 saturated heterocycles. The van der Waals surface area contributed by atoms with E-state index in [4.69, 9.17) is 10.4 Å². The van der Waals surface area contributed by atoms with Crippen LogP contribution >= 0.6 is 0 Å². The zero-order valence-corrected chi connectivity index (χ0v) is 8.31. The highest BCUT2D eigenvalue weighted by Gasteiger charge is 2.02. The van der Waals surface area contributed by atoms with Gasteiger partial charge < -0.3 is 15.0 Å². The van der Waals surface area contributed by atoms with E-state index >= 15 is 0 Å². The molecule has 0 aromatic carbocycles. The summed E-state index contributed by atoms with van der Waals surface area (Å²) in [6.45, 7) is 0.567. The molecule has 0 bridgehead atoms. The number of carbonyl (C=O) groups excluding carboxylic acids is 1. The Morgan fingerprint density at radius 1 is 1.67 bits per heavy atom. The summed E-state index contributed by atoms with van der Waals surface area (Å²) in [5.74, 6) is -0.134. The smallest absolute Gasteiger partial charge is 0.239 e. The first-order chi connectivity index (χ1) is 7.26. The van der Waals surface area contributed by atoms with Crippen LogP contribution in [0.2, 0.25) is 0 Å². The van der Waals surface area contributed by atoms with Crippen molar-refractivity contribution < 1.29 is 9.90 Å².